The van der Waals surface area contributed by atoms with Crippen molar-refractivity contribution < 1.29 is 0 Å². The summed E-state index contributed by atoms with van der Waals surface area (Å²) in [6.07, 6.45) is 6.41. The largest absolute Gasteiger partial charge is 0.272 e. The molecule has 3 heteroatoms. The molecule has 0 bridgehead atoms. The Morgan fingerprint density at radius 2 is 1.94 bits per heavy atom. The van der Waals surface area contributed by atoms with Crippen molar-refractivity contribution >= 4 is 12.6 Å². The van der Waals surface area contributed by atoms with Gasteiger partial charge in [0.25, 0.3) is 0 Å². The first-order valence-electron chi connectivity index (χ1n) is 6.48. The van der Waals surface area contributed by atoms with Gasteiger partial charge in [0.05, 0.1) is 6.20 Å². The molecular formula is C15H20N2S. The molecule has 0 aliphatic rings. The molecule has 0 radical (unpaired) electrons. The van der Waals surface area contributed by atoms with Crippen LogP contribution >= 0.6 is 12.6 Å². The van der Waals surface area contributed by atoms with Gasteiger partial charge in [-0.05, 0) is 30.1 Å². The molecule has 1 aromatic carbocycles. The maximum Gasteiger partial charge on any atom is 0.0568 e. The van der Waals surface area contributed by atoms with Crippen molar-refractivity contribution in [3.63, 3.8) is 0 Å². The summed E-state index contributed by atoms with van der Waals surface area (Å²) in [6.45, 7) is 3.26. The summed E-state index contributed by atoms with van der Waals surface area (Å²) in [4.78, 5) is 0. The zero-order valence-electron chi connectivity index (χ0n) is 10.8. The summed E-state index contributed by atoms with van der Waals surface area (Å²) in [6, 6.07) is 10.4. The van der Waals surface area contributed by atoms with E-state index in [4.69, 9.17) is 0 Å². The fourth-order valence-electron chi connectivity index (χ4n) is 1.98. The summed E-state index contributed by atoms with van der Waals surface area (Å²) in [5, 5.41) is 4.42. The highest BCUT2D eigenvalue weighted by atomic mass is 32.1. The van der Waals surface area contributed by atoms with E-state index in [2.05, 4.69) is 55.1 Å². The van der Waals surface area contributed by atoms with Gasteiger partial charge in [-0.25, -0.2) is 0 Å². The van der Waals surface area contributed by atoms with Crippen LogP contribution in [0, 0.1) is 5.92 Å². The number of nitrogens with zero attached hydrogens (tertiary/aromatic N) is 2. The minimum Gasteiger partial charge on any atom is -0.272 e. The topological polar surface area (TPSA) is 17.8 Å². The van der Waals surface area contributed by atoms with Crippen molar-refractivity contribution in [1.82, 2.24) is 9.78 Å². The molecule has 2 nitrogen and oxygen atoms in total. The molecule has 0 saturated heterocycles. The number of hydrogen-bond donors (Lipinski definition) is 1. The molecule has 1 unspecified atom stereocenters. The van der Waals surface area contributed by atoms with Crippen LogP contribution in [-0.2, 0) is 6.54 Å². The summed E-state index contributed by atoms with van der Waals surface area (Å²) in [5.41, 5.74) is 2.42. The fourth-order valence-corrected chi connectivity index (χ4v) is 2.42. The molecule has 0 amide bonds. The monoisotopic (exact) mass is 260 g/mol. The van der Waals surface area contributed by atoms with Gasteiger partial charge in [0.1, 0.15) is 0 Å². The molecule has 18 heavy (non-hydrogen) atoms. The van der Waals surface area contributed by atoms with Gasteiger partial charge in [-0.1, -0.05) is 37.3 Å². The van der Waals surface area contributed by atoms with E-state index in [1.165, 1.54) is 17.5 Å². The zero-order valence-corrected chi connectivity index (χ0v) is 11.7. The molecule has 0 aliphatic carbocycles. The SMILES string of the molecule is CC(CCS)CCn1cc(-c2ccccc2)cn1. The van der Waals surface area contributed by atoms with E-state index in [-0.39, 0.29) is 0 Å². The quantitative estimate of drug-likeness (QED) is 0.780. The lowest BCUT2D eigenvalue weighted by Crippen LogP contribution is -2.04. The zero-order chi connectivity index (χ0) is 12.8. The number of aryl methyl sites for hydroxylation is 1. The number of rotatable bonds is 6. The van der Waals surface area contributed by atoms with Crippen LogP contribution in [0.3, 0.4) is 0 Å². The number of thiol groups is 1. The fraction of sp³-hybridized carbons (Fsp3) is 0.400. The molecule has 0 spiro atoms. The predicted molar refractivity (Wildman–Crippen MR) is 79.9 cm³/mol. The van der Waals surface area contributed by atoms with Gasteiger partial charge in [0.15, 0.2) is 0 Å². The Morgan fingerprint density at radius 1 is 1.17 bits per heavy atom. The van der Waals surface area contributed by atoms with Crippen molar-refractivity contribution in [1.29, 1.82) is 0 Å². The molecule has 0 fully saturated rings. The van der Waals surface area contributed by atoms with Crippen molar-refractivity contribution in [2.24, 2.45) is 5.92 Å². The highest BCUT2D eigenvalue weighted by molar-refractivity contribution is 7.80. The van der Waals surface area contributed by atoms with Crippen LogP contribution < -0.4 is 0 Å². The predicted octanol–water partition coefficient (Wildman–Crippen LogP) is 3.90. The van der Waals surface area contributed by atoms with Crippen LogP contribution in [0.4, 0.5) is 0 Å². The van der Waals surface area contributed by atoms with Crippen LogP contribution in [0.5, 0.6) is 0 Å². The molecule has 2 rings (SSSR count). The standard InChI is InChI=1S/C15H20N2S/c1-13(8-10-18)7-9-17-12-15(11-16-17)14-5-3-2-4-6-14/h2-6,11-13,18H,7-10H2,1H3. The Morgan fingerprint density at radius 3 is 2.67 bits per heavy atom. The van der Waals surface area contributed by atoms with E-state index in [0.29, 0.717) is 5.92 Å². The second kappa shape index (κ2) is 6.64. The summed E-state index contributed by atoms with van der Waals surface area (Å²) in [5.74, 6) is 1.68. The molecule has 0 aliphatic heterocycles. The van der Waals surface area contributed by atoms with Crippen LogP contribution in [0.2, 0.25) is 0 Å². The molecule has 1 atom stereocenters. The molecule has 1 aromatic heterocycles. The molecule has 1 heterocycles. The highest BCUT2D eigenvalue weighted by Crippen LogP contribution is 2.18. The second-order valence-electron chi connectivity index (χ2n) is 4.76. The first kappa shape index (κ1) is 13.2. The van der Waals surface area contributed by atoms with E-state index < -0.39 is 0 Å². The third-order valence-corrected chi connectivity index (χ3v) is 3.47. The van der Waals surface area contributed by atoms with E-state index in [0.717, 1.165) is 18.7 Å². The first-order chi connectivity index (χ1) is 8.79. The van der Waals surface area contributed by atoms with Gasteiger partial charge in [-0.2, -0.15) is 17.7 Å². The molecule has 0 N–H and O–H groups in total. The number of hydrogen-bond acceptors (Lipinski definition) is 2. The van der Waals surface area contributed by atoms with Gasteiger partial charge in [0.2, 0.25) is 0 Å². The smallest absolute Gasteiger partial charge is 0.0568 e. The summed E-state index contributed by atoms with van der Waals surface area (Å²) >= 11 is 4.27. The number of aromatic nitrogens is 2. The lowest BCUT2D eigenvalue weighted by atomic mass is 10.1. The number of benzene rings is 1. The van der Waals surface area contributed by atoms with E-state index in [1.807, 2.05) is 16.9 Å². The van der Waals surface area contributed by atoms with Crippen LogP contribution in [0.15, 0.2) is 42.7 Å². The average molecular weight is 260 g/mol. The second-order valence-corrected chi connectivity index (χ2v) is 5.21. The minimum absolute atomic E-state index is 0.715. The van der Waals surface area contributed by atoms with Crippen LogP contribution in [-0.4, -0.2) is 15.5 Å². The Kier molecular flexibility index (Phi) is 4.88. The Balaban J connectivity index is 1.95. The normalized spacial score (nSPS) is 12.6. The van der Waals surface area contributed by atoms with Crippen molar-refractivity contribution in [3.8, 4) is 11.1 Å². The first-order valence-corrected chi connectivity index (χ1v) is 7.11. The molecular weight excluding hydrogens is 240 g/mol. The van der Waals surface area contributed by atoms with Crippen molar-refractivity contribution in [2.45, 2.75) is 26.3 Å². The third kappa shape index (κ3) is 3.64. The molecule has 0 saturated carbocycles. The Hall–Kier alpha value is -1.22. The van der Waals surface area contributed by atoms with E-state index >= 15 is 0 Å². The van der Waals surface area contributed by atoms with Gasteiger partial charge in [-0.3, -0.25) is 4.68 Å². The Labute approximate surface area is 114 Å². The summed E-state index contributed by atoms with van der Waals surface area (Å²) in [7, 11) is 0. The highest BCUT2D eigenvalue weighted by Gasteiger charge is 2.04. The average Bonchev–Trinajstić information content (AvgIpc) is 2.87. The van der Waals surface area contributed by atoms with Crippen LogP contribution in [0.1, 0.15) is 19.8 Å². The lowest BCUT2D eigenvalue weighted by Gasteiger charge is -2.08. The van der Waals surface area contributed by atoms with E-state index in [1.54, 1.807) is 0 Å². The Bertz CT molecular complexity index is 464. The third-order valence-electron chi connectivity index (χ3n) is 3.21. The van der Waals surface area contributed by atoms with E-state index in [9.17, 15) is 0 Å². The van der Waals surface area contributed by atoms with Crippen molar-refractivity contribution in [2.75, 3.05) is 5.75 Å². The maximum atomic E-state index is 4.42. The maximum absolute atomic E-state index is 4.42. The molecule has 96 valence electrons. The van der Waals surface area contributed by atoms with Gasteiger partial charge >= 0.3 is 0 Å². The van der Waals surface area contributed by atoms with Gasteiger partial charge in [0, 0.05) is 18.3 Å². The summed E-state index contributed by atoms with van der Waals surface area (Å²) < 4.78 is 2.04. The lowest BCUT2D eigenvalue weighted by molar-refractivity contribution is 0.451. The van der Waals surface area contributed by atoms with Crippen LogP contribution in [0.25, 0.3) is 11.1 Å². The molecule has 2 aromatic rings. The van der Waals surface area contributed by atoms with Gasteiger partial charge in [-0.15, -0.1) is 0 Å². The van der Waals surface area contributed by atoms with Gasteiger partial charge < -0.3 is 0 Å². The van der Waals surface area contributed by atoms with Crippen molar-refractivity contribution in [3.05, 3.63) is 42.7 Å². The minimum atomic E-state index is 0.715.